The summed E-state index contributed by atoms with van der Waals surface area (Å²) in [6, 6.07) is 5.30. The van der Waals surface area contributed by atoms with Gasteiger partial charge < -0.3 is 10.1 Å². The van der Waals surface area contributed by atoms with Crippen molar-refractivity contribution in [2.45, 2.75) is 39.8 Å². The van der Waals surface area contributed by atoms with Crippen LogP contribution in [0.2, 0.25) is 0 Å². The molecule has 0 aliphatic heterocycles. The lowest BCUT2D eigenvalue weighted by atomic mass is 10.2. The van der Waals surface area contributed by atoms with Crippen LogP contribution in [-0.4, -0.2) is 24.2 Å². The largest absolute Gasteiger partial charge is 0.493 e. The van der Waals surface area contributed by atoms with E-state index in [0.717, 1.165) is 23.5 Å². The molecule has 0 amide bonds. The maximum atomic E-state index is 13.5. The van der Waals surface area contributed by atoms with E-state index < -0.39 is 0 Å². The topological polar surface area (TPSA) is 21.3 Å². The van der Waals surface area contributed by atoms with Crippen LogP contribution in [0.1, 0.15) is 32.8 Å². The second kappa shape index (κ2) is 9.21. The van der Waals surface area contributed by atoms with Gasteiger partial charge in [-0.3, -0.25) is 0 Å². The summed E-state index contributed by atoms with van der Waals surface area (Å²) in [6.45, 7) is 7.60. The van der Waals surface area contributed by atoms with Gasteiger partial charge in [-0.15, -0.1) is 0 Å². The lowest BCUT2D eigenvalue weighted by molar-refractivity contribution is 0.316. The van der Waals surface area contributed by atoms with Crippen molar-refractivity contribution in [3.63, 3.8) is 0 Å². The van der Waals surface area contributed by atoms with Crippen LogP contribution in [0.3, 0.4) is 0 Å². The van der Waals surface area contributed by atoms with E-state index in [4.69, 9.17) is 4.74 Å². The average molecular weight is 285 g/mol. The van der Waals surface area contributed by atoms with Crippen molar-refractivity contribution in [1.82, 2.24) is 5.32 Å². The molecule has 0 unspecified atom stereocenters. The van der Waals surface area contributed by atoms with Crippen molar-refractivity contribution < 1.29 is 9.13 Å². The fourth-order valence-corrected chi connectivity index (χ4v) is 2.23. The third kappa shape index (κ3) is 7.43. The van der Waals surface area contributed by atoms with E-state index in [-0.39, 0.29) is 5.82 Å². The zero-order valence-electron chi connectivity index (χ0n) is 12.0. The lowest BCUT2D eigenvalue weighted by Gasteiger charge is -2.11. The summed E-state index contributed by atoms with van der Waals surface area (Å²) in [5.41, 5.74) is 0.923. The number of thioether (sulfide) groups is 1. The number of benzene rings is 1. The highest BCUT2D eigenvalue weighted by Gasteiger charge is 2.03. The zero-order valence-corrected chi connectivity index (χ0v) is 12.9. The molecule has 108 valence electrons. The fourth-order valence-electron chi connectivity index (χ4n) is 1.62. The molecule has 0 radical (unpaired) electrons. The van der Waals surface area contributed by atoms with Gasteiger partial charge >= 0.3 is 0 Å². The van der Waals surface area contributed by atoms with E-state index in [1.807, 2.05) is 17.8 Å². The Morgan fingerprint density at radius 3 is 2.79 bits per heavy atom. The van der Waals surface area contributed by atoms with Crippen LogP contribution >= 0.6 is 11.8 Å². The van der Waals surface area contributed by atoms with Crippen LogP contribution < -0.4 is 10.1 Å². The van der Waals surface area contributed by atoms with Crippen LogP contribution in [0.5, 0.6) is 5.75 Å². The minimum atomic E-state index is -0.235. The zero-order chi connectivity index (χ0) is 14.1. The van der Waals surface area contributed by atoms with E-state index in [9.17, 15) is 4.39 Å². The summed E-state index contributed by atoms with van der Waals surface area (Å²) >= 11 is 1.90. The molecule has 0 saturated heterocycles. The first-order valence-electron chi connectivity index (χ1n) is 6.85. The average Bonchev–Trinajstić information content (AvgIpc) is 2.35. The molecule has 0 fully saturated rings. The minimum Gasteiger partial charge on any atom is -0.493 e. The standard InChI is InChI=1S/C15H24FNOS/c1-4-19-7-5-6-18-15-9-13(8-14(16)10-15)11-17-12(2)3/h8-10,12,17H,4-7,11H2,1-3H3. The molecule has 1 aromatic carbocycles. The summed E-state index contributed by atoms with van der Waals surface area (Å²) in [4.78, 5) is 0. The third-order valence-corrected chi connectivity index (χ3v) is 3.54. The first-order valence-corrected chi connectivity index (χ1v) is 8.00. The van der Waals surface area contributed by atoms with Crippen LogP contribution in [0.4, 0.5) is 4.39 Å². The number of halogens is 1. The Kier molecular flexibility index (Phi) is 7.91. The van der Waals surface area contributed by atoms with Crippen molar-refractivity contribution in [2.24, 2.45) is 0 Å². The molecule has 0 aliphatic carbocycles. The van der Waals surface area contributed by atoms with E-state index in [0.29, 0.717) is 24.9 Å². The monoisotopic (exact) mass is 285 g/mol. The molecule has 1 aromatic rings. The van der Waals surface area contributed by atoms with Crippen LogP contribution in [0, 0.1) is 5.82 Å². The van der Waals surface area contributed by atoms with Gasteiger partial charge in [-0.05, 0) is 35.6 Å². The molecule has 0 bridgehead atoms. The first-order chi connectivity index (χ1) is 9.11. The van der Waals surface area contributed by atoms with Gasteiger partial charge in [-0.25, -0.2) is 4.39 Å². The van der Waals surface area contributed by atoms with Crippen molar-refractivity contribution in [3.8, 4) is 5.75 Å². The van der Waals surface area contributed by atoms with E-state index in [2.05, 4.69) is 26.1 Å². The Bertz CT molecular complexity index is 371. The maximum Gasteiger partial charge on any atom is 0.127 e. The Morgan fingerprint density at radius 2 is 2.11 bits per heavy atom. The summed E-state index contributed by atoms with van der Waals surface area (Å²) < 4.78 is 19.1. The molecule has 19 heavy (non-hydrogen) atoms. The van der Waals surface area contributed by atoms with Crippen molar-refractivity contribution in [2.75, 3.05) is 18.1 Å². The highest BCUT2D eigenvalue weighted by Crippen LogP contribution is 2.17. The van der Waals surface area contributed by atoms with Gasteiger partial charge in [0.05, 0.1) is 6.61 Å². The van der Waals surface area contributed by atoms with Gasteiger partial charge in [0.2, 0.25) is 0 Å². The molecular formula is C15H24FNOS. The van der Waals surface area contributed by atoms with Crippen LogP contribution in [0.25, 0.3) is 0 Å². The smallest absolute Gasteiger partial charge is 0.127 e. The molecular weight excluding hydrogens is 261 g/mol. The Labute approximate surface area is 120 Å². The molecule has 2 nitrogen and oxygen atoms in total. The fraction of sp³-hybridized carbons (Fsp3) is 0.600. The maximum absolute atomic E-state index is 13.5. The molecule has 1 N–H and O–H groups in total. The van der Waals surface area contributed by atoms with E-state index >= 15 is 0 Å². The van der Waals surface area contributed by atoms with Gasteiger partial charge in [0.15, 0.2) is 0 Å². The first kappa shape index (κ1) is 16.3. The molecule has 4 heteroatoms. The molecule has 0 spiro atoms. The number of rotatable bonds is 9. The Balaban J connectivity index is 2.44. The second-order valence-electron chi connectivity index (χ2n) is 4.73. The molecule has 0 aromatic heterocycles. The normalized spacial score (nSPS) is 11.0. The summed E-state index contributed by atoms with van der Waals surface area (Å²) in [5.74, 6) is 2.61. The van der Waals surface area contributed by atoms with E-state index in [1.54, 1.807) is 6.07 Å². The van der Waals surface area contributed by atoms with Crippen molar-refractivity contribution in [1.29, 1.82) is 0 Å². The quantitative estimate of drug-likeness (QED) is 0.696. The minimum absolute atomic E-state index is 0.235. The number of hydrogen-bond donors (Lipinski definition) is 1. The molecule has 1 rings (SSSR count). The van der Waals surface area contributed by atoms with Gasteiger partial charge in [0.1, 0.15) is 11.6 Å². The van der Waals surface area contributed by atoms with Crippen molar-refractivity contribution >= 4 is 11.8 Å². The summed E-state index contributed by atoms with van der Waals surface area (Å²) in [5, 5.41) is 3.27. The Morgan fingerprint density at radius 1 is 1.32 bits per heavy atom. The number of nitrogens with one attached hydrogen (secondary N) is 1. The van der Waals surface area contributed by atoms with Gasteiger partial charge in [0, 0.05) is 18.7 Å². The van der Waals surface area contributed by atoms with Gasteiger partial charge in [0.25, 0.3) is 0 Å². The molecule has 0 aliphatic rings. The number of hydrogen-bond acceptors (Lipinski definition) is 3. The van der Waals surface area contributed by atoms with Crippen LogP contribution in [0.15, 0.2) is 18.2 Å². The summed E-state index contributed by atoms with van der Waals surface area (Å²) in [6.07, 6.45) is 0.995. The van der Waals surface area contributed by atoms with Crippen molar-refractivity contribution in [3.05, 3.63) is 29.6 Å². The molecule has 0 atom stereocenters. The highest BCUT2D eigenvalue weighted by atomic mass is 32.2. The SMILES string of the molecule is CCSCCCOc1cc(F)cc(CNC(C)C)c1. The third-order valence-electron chi connectivity index (χ3n) is 2.55. The second-order valence-corrected chi connectivity index (χ2v) is 6.12. The predicted octanol–water partition coefficient (Wildman–Crippen LogP) is 3.85. The van der Waals surface area contributed by atoms with E-state index in [1.165, 1.54) is 6.07 Å². The Hall–Kier alpha value is -0.740. The lowest BCUT2D eigenvalue weighted by Crippen LogP contribution is -2.21. The highest BCUT2D eigenvalue weighted by molar-refractivity contribution is 7.99. The molecule has 0 saturated carbocycles. The van der Waals surface area contributed by atoms with Gasteiger partial charge in [-0.1, -0.05) is 20.8 Å². The molecule has 0 heterocycles. The van der Waals surface area contributed by atoms with Crippen LogP contribution in [-0.2, 0) is 6.54 Å². The summed E-state index contributed by atoms with van der Waals surface area (Å²) in [7, 11) is 0. The predicted molar refractivity (Wildman–Crippen MR) is 81.5 cm³/mol. The van der Waals surface area contributed by atoms with Gasteiger partial charge in [-0.2, -0.15) is 11.8 Å². The number of ether oxygens (including phenoxy) is 1.